The predicted octanol–water partition coefficient (Wildman–Crippen LogP) is 3.35. The lowest BCUT2D eigenvalue weighted by molar-refractivity contribution is 0.128. The van der Waals surface area contributed by atoms with Crippen LogP contribution in [0.3, 0.4) is 0 Å². The van der Waals surface area contributed by atoms with E-state index in [1.807, 2.05) is 0 Å². The van der Waals surface area contributed by atoms with Gasteiger partial charge in [0, 0.05) is 25.2 Å². The molecule has 1 N–H and O–H groups in total. The number of piperidine rings is 1. The van der Waals surface area contributed by atoms with Crippen LogP contribution in [-0.2, 0) is 6.54 Å². The van der Waals surface area contributed by atoms with Crippen LogP contribution in [0.2, 0.25) is 0 Å². The molecule has 1 heterocycles. The SMILES string of the molecule is CCCNC1CCN(Cc2ccccc2C)C(C)C1. The molecule has 0 spiro atoms. The summed E-state index contributed by atoms with van der Waals surface area (Å²) in [6.45, 7) is 10.3. The van der Waals surface area contributed by atoms with Gasteiger partial charge < -0.3 is 5.32 Å². The standard InChI is InChI=1S/C17H28N2/c1-4-10-18-17-9-11-19(15(3)12-17)13-16-8-6-5-7-14(16)2/h5-8,15,17-18H,4,9-13H2,1-3H3. The third-order valence-electron chi connectivity index (χ3n) is 4.33. The van der Waals surface area contributed by atoms with Gasteiger partial charge in [0.1, 0.15) is 0 Å². The number of nitrogens with one attached hydrogen (secondary N) is 1. The van der Waals surface area contributed by atoms with Gasteiger partial charge >= 0.3 is 0 Å². The minimum atomic E-state index is 0.683. The van der Waals surface area contributed by atoms with Crippen LogP contribution < -0.4 is 5.32 Å². The Morgan fingerprint density at radius 2 is 2.11 bits per heavy atom. The van der Waals surface area contributed by atoms with E-state index in [2.05, 4.69) is 55.3 Å². The summed E-state index contributed by atoms with van der Waals surface area (Å²) >= 11 is 0. The molecule has 0 aliphatic carbocycles. The summed E-state index contributed by atoms with van der Waals surface area (Å²) in [5.41, 5.74) is 2.90. The average Bonchev–Trinajstić information content (AvgIpc) is 2.41. The summed E-state index contributed by atoms with van der Waals surface area (Å²) in [6.07, 6.45) is 3.81. The van der Waals surface area contributed by atoms with Crippen molar-refractivity contribution in [3.8, 4) is 0 Å². The molecule has 0 aromatic heterocycles. The van der Waals surface area contributed by atoms with Crippen molar-refractivity contribution in [2.24, 2.45) is 0 Å². The predicted molar refractivity (Wildman–Crippen MR) is 82.4 cm³/mol. The van der Waals surface area contributed by atoms with Crippen LogP contribution in [0.4, 0.5) is 0 Å². The van der Waals surface area contributed by atoms with Crippen molar-refractivity contribution in [2.75, 3.05) is 13.1 Å². The fourth-order valence-electron chi connectivity index (χ4n) is 3.00. The zero-order valence-electron chi connectivity index (χ0n) is 12.7. The van der Waals surface area contributed by atoms with Crippen LogP contribution in [0.15, 0.2) is 24.3 Å². The van der Waals surface area contributed by atoms with Gasteiger partial charge in [-0.05, 0) is 50.8 Å². The molecule has 1 aromatic carbocycles. The second-order valence-electron chi connectivity index (χ2n) is 5.92. The summed E-state index contributed by atoms with van der Waals surface area (Å²) in [5.74, 6) is 0. The highest BCUT2D eigenvalue weighted by molar-refractivity contribution is 5.25. The fourth-order valence-corrected chi connectivity index (χ4v) is 3.00. The van der Waals surface area contributed by atoms with E-state index in [-0.39, 0.29) is 0 Å². The number of benzene rings is 1. The normalized spacial score (nSPS) is 24.6. The number of rotatable bonds is 5. The van der Waals surface area contributed by atoms with Crippen molar-refractivity contribution in [2.45, 2.75) is 58.7 Å². The molecule has 2 heteroatoms. The molecule has 2 nitrogen and oxygen atoms in total. The highest BCUT2D eigenvalue weighted by Crippen LogP contribution is 2.21. The molecule has 0 amide bonds. The highest BCUT2D eigenvalue weighted by Gasteiger charge is 2.24. The molecule has 1 aliphatic rings. The summed E-state index contributed by atoms with van der Waals surface area (Å²) in [7, 11) is 0. The lowest BCUT2D eigenvalue weighted by Gasteiger charge is -2.38. The maximum Gasteiger partial charge on any atom is 0.0239 e. The zero-order chi connectivity index (χ0) is 13.7. The molecule has 1 aliphatic heterocycles. The van der Waals surface area contributed by atoms with Gasteiger partial charge in [0.15, 0.2) is 0 Å². The molecule has 106 valence electrons. The van der Waals surface area contributed by atoms with Crippen molar-refractivity contribution >= 4 is 0 Å². The van der Waals surface area contributed by atoms with Crippen molar-refractivity contribution < 1.29 is 0 Å². The van der Waals surface area contributed by atoms with Gasteiger partial charge in [-0.3, -0.25) is 4.90 Å². The average molecular weight is 260 g/mol. The van der Waals surface area contributed by atoms with Crippen LogP contribution in [0.25, 0.3) is 0 Å². The Morgan fingerprint density at radius 3 is 2.79 bits per heavy atom. The van der Waals surface area contributed by atoms with Crippen molar-refractivity contribution in [1.29, 1.82) is 0 Å². The molecule has 1 fully saturated rings. The number of aryl methyl sites for hydroxylation is 1. The number of hydrogen-bond donors (Lipinski definition) is 1. The Balaban J connectivity index is 1.88. The quantitative estimate of drug-likeness (QED) is 0.873. The molecule has 0 saturated carbocycles. The second-order valence-corrected chi connectivity index (χ2v) is 5.92. The lowest BCUT2D eigenvalue weighted by Crippen LogP contribution is -2.47. The maximum absolute atomic E-state index is 3.67. The minimum Gasteiger partial charge on any atom is -0.314 e. The third kappa shape index (κ3) is 4.05. The summed E-state index contributed by atoms with van der Waals surface area (Å²) in [5, 5.41) is 3.67. The fraction of sp³-hybridized carbons (Fsp3) is 0.647. The topological polar surface area (TPSA) is 15.3 Å². The summed E-state index contributed by atoms with van der Waals surface area (Å²) in [6, 6.07) is 10.2. The second kappa shape index (κ2) is 7.06. The van der Waals surface area contributed by atoms with Gasteiger partial charge in [0.2, 0.25) is 0 Å². The van der Waals surface area contributed by atoms with E-state index in [1.165, 1.54) is 36.9 Å². The molecule has 1 aromatic rings. The van der Waals surface area contributed by atoms with E-state index in [1.54, 1.807) is 0 Å². The molecular weight excluding hydrogens is 232 g/mol. The Labute approximate surface area is 118 Å². The first-order valence-electron chi connectivity index (χ1n) is 7.72. The number of likely N-dealkylation sites (tertiary alicyclic amines) is 1. The van der Waals surface area contributed by atoms with E-state index in [4.69, 9.17) is 0 Å². The number of nitrogens with zero attached hydrogens (tertiary/aromatic N) is 1. The number of hydrogen-bond acceptors (Lipinski definition) is 2. The molecule has 0 bridgehead atoms. The molecule has 2 rings (SSSR count). The van der Waals surface area contributed by atoms with E-state index in [9.17, 15) is 0 Å². The zero-order valence-corrected chi connectivity index (χ0v) is 12.7. The van der Waals surface area contributed by atoms with E-state index in [0.29, 0.717) is 6.04 Å². The van der Waals surface area contributed by atoms with Crippen LogP contribution in [-0.4, -0.2) is 30.1 Å². The highest BCUT2D eigenvalue weighted by atomic mass is 15.2. The van der Waals surface area contributed by atoms with Crippen molar-refractivity contribution in [3.05, 3.63) is 35.4 Å². The summed E-state index contributed by atoms with van der Waals surface area (Å²) in [4.78, 5) is 2.63. The van der Waals surface area contributed by atoms with Crippen LogP contribution in [0.1, 0.15) is 44.2 Å². The van der Waals surface area contributed by atoms with Gasteiger partial charge in [0.05, 0.1) is 0 Å². The first-order chi connectivity index (χ1) is 9.20. The third-order valence-corrected chi connectivity index (χ3v) is 4.33. The lowest BCUT2D eigenvalue weighted by atomic mass is 9.97. The maximum atomic E-state index is 3.67. The molecule has 2 atom stereocenters. The van der Waals surface area contributed by atoms with E-state index in [0.717, 1.165) is 19.1 Å². The Morgan fingerprint density at radius 1 is 1.32 bits per heavy atom. The van der Waals surface area contributed by atoms with Gasteiger partial charge in [-0.15, -0.1) is 0 Å². The molecule has 2 unspecified atom stereocenters. The molecule has 1 saturated heterocycles. The minimum absolute atomic E-state index is 0.683. The first kappa shape index (κ1) is 14.5. The Kier molecular flexibility index (Phi) is 5.41. The van der Waals surface area contributed by atoms with Gasteiger partial charge in [0.25, 0.3) is 0 Å². The van der Waals surface area contributed by atoms with Gasteiger partial charge in [-0.2, -0.15) is 0 Å². The smallest absolute Gasteiger partial charge is 0.0239 e. The van der Waals surface area contributed by atoms with Crippen molar-refractivity contribution in [1.82, 2.24) is 10.2 Å². The first-order valence-corrected chi connectivity index (χ1v) is 7.72. The molecular formula is C17H28N2. The van der Waals surface area contributed by atoms with Crippen LogP contribution >= 0.6 is 0 Å². The van der Waals surface area contributed by atoms with Crippen molar-refractivity contribution in [3.63, 3.8) is 0 Å². The van der Waals surface area contributed by atoms with Gasteiger partial charge in [-0.25, -0.2) is 0 Å². The van der Waals surface area contributed by atoms with Gasteiger partial charge in [-0.1, -0.05) is 31.2 Å². The Bertz CT molecular complexity index is 389. The van der Waals surface area contributed by atoms with E-state index < -0.39 is 0 Å². The monoisotopic (exact) mass is 260 g/mol. The molecule has 0 radical (unpaired) electrons. The summed E-state index contributed by atoms with van der Waals surface area (Å²) < 4.78 is 0. The Hall–Kier alpha value is -0.860. The molecule has 19 heavy (non-hydrogen) atoms. The van der Waals surface area contributed by atoms with E-state index >= 15 is 0 Å². The van der Waals surface area contributed by atoms with Crippen LogP contribution in [0.5, 0.6) is 0 Å². The van der Waals surface area contributed by atoms with Crippen LogP contribution in [0, 0.1) is 6.92 Å². The largest absolute Gasteiger partial charge is 0.314 e.